The van der Waals surface area contributed by atoms with Gasteiger partial charge in [-0.1, -0.05) is 5.92 Å². The van der Waals surface area contributed by atoms with Crippen molar-refractivity contribution in [2.45, 2.75) is 13.0 Å². The van der Waals surface area contributed by atoms with Crippen molar-refractivity contribution in [3.05, 3.63) is 0 Å². The number of amides is 1. The van der Waals surface area contributed by atoms with Crippen molar-refractivity contribution in [1.29, 1.82) is 0 Å². The van der Waals surface area contributed by atoms with Gasteiger partial charge in [0.25, 0.3) is 0 Å². The van der Waals surface area contributed by atoms with E-state index in [4.69, 9.17) is 6.42 Å². The van der Waals surface area contributed by atoms with Gasteiger partial charge in [0.15, 0.2) is 0 Å². The van der Waals surface area contributed by atoms with Gasteiger partial charge in [0.05, 0.1) is 12.6 Å². The summed E-state index contributed by atoms with van der Waals surface area (Å²) in [5.41, 5.74) is 2.90. The highest BCUT2D eigenvalue weighted by molar-refractivity contribution is 5.81. The van der Waals surface area contributed by atoms with Crippen LogP contribution in [-0.4, -0.2) is 37.6 Å². The maximum absolute atomic E-state index is 11.1. The van der Waals surface area contributed by atoms with Crippen LogP contribution in [0.4, 0.5) is 0 Å². The summed E-state index contributed by atoms with van der Waals surface area (Å²) in [5.74, 6) is 2.24. The molecule has 68 valence electrons. The third-order valence-electron chi connectivity index (χ3n) is 1.21. The number of hydrogen-bond acceptors (Lipinski definition) is 3. The largest absolute Gasteiger partial charge is 0.344 e. The fourth-order valence-corrected chi connectivity index (χ4v) is 0.737. The number of carbonyl (C=O) groups excluding carboxylic acids is 1. The molecule has 12 heavy (non-hydrogen) atoms. The third-order valence-corrected chi connectivity index (χ3v) is 1.21. The number of hydrazine groups is 1. The van der Waals surface area contributed by atoms with E-state index in [0.29, 0.717) is 0 Å². The Hall–Kier alpha value is -1.05. The van der Waals surface area contributed by atoms with E-state index < -0.39 is 0 Å². The van der Waals surface area contributed by atoms with E-state index in [0.717, 1.165) is 0 Å². The fourth-order valence-electron chi connectivity index (χ4n) is 0.737. The summed E-state index contributed by atoms with van der Waals surface area (Å²) in [6.07, 6.45) is 4.98. The molecule has 0 aromatic carbocycles. The van der Waals surface area contributed by atoms with Crippen LogP contribution in [0.3, 0.4) is 0 Å². The van der Waals surface area contributed by atoms with Gasteiger partial charge in [-0.25, -0.2) is 10.4 Å². The minimum Gasteiger partial charge on any atom is -0.344 e. The van der Waals surface area contributed by atoms with Gasteiger partial charge in [-0.05, 0) is 6.92 Å². The molecule has 1 atom stereocenters. The van der Waals surface area contributed by atoms with Crippen molar-refractivity contribution in [2.75, 3.05) is 20.6 Å². The zero-order chi connectivity index (χ0) is 9.56. The van der Waals surface area contributed by atoms with Gasteiger partial charge in [0.1, 0.15) is 0 Å². The van der Waals surface area contributed by atoms with Crippen LogP contribution in [-0.2, 0) is 4.79 Å². The molecule has 0 aliphatic carbocycles. The minimum atomic E-state index is -0.256. The summed E-state index contributed by atoms with van der Waals surface area (Å²) in [5, 5.41) is 4.30. The van der Waals surface area contributed by atoms with Crippen LogP contribution in [0.15, 0.2) is 0 Å². The Morgan fingerprint density at radius 3 is 2.67 bits per heavy atom. The van der Waals surface area contributed by atoms with Gasteiger partial charge in [-0.15, -0.1) is 6.42 Å². The predicted molar refractivity (Wildman–Crippen MR) is 48.1 cm³/mol. The third kappa shape index (κ3) is 4.72. The molecule has 0 saturated heterocycles. The van der Waals surface area contributed by atoms with Crippen LogP contribution in [0.1, 0.15) is 6.92 Å². The molecule has 0 saturated carbocycles. The van der Waals surface area contributed by atoms with E-state index in [1.165, 1.54) is 0 Å². The second-order valence-electron chi connectivity index (χ2n) is 2.67. The zero-order valence-electron chi connectivity index (χ0n) is 7.72. The Kier molecular flexibility index (Phi) is 5.09. The molecule has 0 spiro atoms. The first-order chi connectivity index (χ1) is 5.57. The number of hydrogen-bond donors (Lipinski definition) is 2. The molecule has 1 unspecified atom stereocenters. The monoisotopic (exact) mass is 169 g/mol. The van der Waals surface area contributed by atoms with E-state index in [1.807, 2.05) is 14.1 Å². The van der Waals surface area contributed by atoms with Gasteiger partial charge in [-0.2, -0.15) is 0 Å². The van der Waals surface area contributed by atoms with Crippen molar-refractivity contribution < 1.29 is 4.79 Å². The van der Waals surface area contributed by atoms with E-state index in [9.17, 15) is 4.79 Å². The topological polar surface area (TPSA) is 44.4 Å². The molecular weight excluding hydrogens is 154 g/mol. The molecule has 0 aliphatic rings. The highest BCUT2D eigenvalue weighted by atomic mass is 16.2. The summed E-state index contributed by atoms with van der Waals surface area (Å²) < 4.78 is 0. The minimum absolute atomic E-state index is 0.0957. The molecule has 0 rings (SSSR count). The maximum atomic E-state index is 11.1. The van der Waals surface area contributed by atoms with Crippen LogP contribution in [0.2, 0.25) is 0 Å². The van der Waals surface area contributed by atoms with Crippen LogP contribution in [0.5, 0.6) is 0 Å². The standard InChI is InChI=1S/C8H15N3O/c1-5-6-9-8(12)7(2)10-11(3)4/h1,7,10H,6H2,2-4H3,(H,9,12). The lowest BCUT2D eigenvalue weighted by Crippen LogP contribution is -2.47. The second kappa shape index (κ2) is 5.58. The van der Waals surface area contributed by atoms with Crippen LogP contribution >= 0.6 is 0 Å². The Balaban J connectivity index is 3.70. The van der Waals surface area contributed by atoms with Crippen LogP contribution in [0, 0.1) is 12.3 Å². The summed E-state index contributed by atoms with van der Waals surface area (Å²) >= 11 is 0. The first kappa shape index (κ1) is 11.0. The molecule has 0 radical (unpaired) electrons. The average Bonchev–Trinajstić information content (AvgIpc) is 1.98. The average molecular weight is 169 g/mol. The summed E-state index contributed by atoms with van der Waals surface area (Å²) in [4.78, 5) is 11.1. The van der Waals surface area contributed by atoms with Gasteiger partial charge in [0.2, 0.25) is 5.91 Å². The van der Waals surface area contributed by atoms with E-state index >= 15 is 0 Å². The molecule has 0 fully saturated rings. The maximum Gasteiger partial charge on any atom is 0.238 e. The van der Waals surface area contributed by atoms with E-state index in [1.54, 1.807) is 11.9 Å². The highest BCUT2D eigenvalue weighted by Gasteiger charge is 2.10. The Labute approximate surface area is 73.3 Å². The number of nitrogens with zero attached hydrogens (tertiary/aromatic N) is 1. The summed E-state index contributed by atoms with van der Waals surface area (Å²) in [6.45, 7) is 2.05. The van der Waals surface area contributed by atoms with Gasteiger partial charge in [-0.3, -0.25) is 4.79 Å². The van der Waals surface area contributed by atoms with E-state index in [2.05, 4.69) is 16.7 Å². The lowest BCUT2D eigenvalue weighted by molar-refractivity contribution is -0.123. The summed E-state index contributed by atoms with van der Waals surface area (Å²) in [6, 6.07) is -0.256. The SMILES string of the molecule is C#CCNC(=O)C(C)NN(C)C. The molecule has 1 amide bonds. The second-order valence-corrected chi connectivity index (χ2v) is 2.67. The molecule has 0 heterocycles. The number of rotatable bonds is 4. The van der Waals surface area contributed by atoms with Crippen LogP contribution in [0.25, 0.3) is 0 Å². The summed E-state index contributed by atoms with van der Waals surface area (Å²) in [7, 11) is 3.65. The lowest BCUT2D eigenvalue weighted by Gasteiger charge is -2.17. The van der Waals surface area contributed by atoms with Crippen LogP contribution < -0.4 is 10.7 Å². The highest BCUT2D eigenvalue weighted by Crippen LogP contribution is 1.81. The van der Waals surface area contributed by atoms with Crippen molar-refractivity contribution in [3.63, 3.8) is 0 Å². The van der Waals surface area contributed by atoms with Gasteiger partial charge in [0, 0.05) is 14.1 Å². The number of carbonyl (C=O) groups is 1. The van der Waals surface area contributed by atoms with Gasteiger partial charge >= 0.3 is 0 Å². The van der Waals surface area contributed by atoms with Gasteiger partial charge < -0.3 is 5.32 Å². The molecule has 0 aliphatic heterocycles. The number of nitrogens with one attached hydrogen (secondary N) is 2. The molecule has 0 aromatic rings. The molecule has 4 nitrogen and oxygen atoms in total. The van der Waals surface area contributed by atoms with Crippen molar-refractivity contribution in [1.82, 2.24) is 15.8 Å². The molecular formula is C8H15N3O. The fraction of sp³-hybridized carbons (Fsp3) is 0.625. The normalized spacial score (nSPS) is 12.2. The Morgan fingerprint density at radius 2 is 2.25 bits per heavy atom. The smallest absolute Gasteiger partial charge is 0.238 e. The lowest BCUT2D eigenvalue weighted by atomic mass is 10.3. The van der Waals surface area contributed by atoms with Crippen molar-refractivity contribution >= 4 is 5.91 Å². The predicted octanol–water partition coefficient (Wildman–Crippen LogP) is -0.809. The number of terminal acetylenes is 1. The molecule has 0 bridgehead atoms. The first-order valence-electron chi connectivity index (χ1n) is 3.72. The van der Waals surface area contributed by atoms with Crippen molar-refractivity contribution in [2.24, 2.45) is 0 Å². The quantitative estimate of drug-likeness (QED) is 0.427. The molecule has 4 heteroatoms. The molecule has 2 N–H and O–H groups in total. The molecule has 0 aromatic heterocycles. The Bertz CT molecular complexity index is 183. The van der Waals surface area contributed by atoms with E-state index in [-0.39, 0.29) is 18.5 Å². The Morgan fingerprint density at radius 1 is 1.67 bits per heavy atom. The first-order valence-corrected chi connectivity index (χ1v) is 3.72. The zero-order valence-corrected chi connectivity index (χ0v) is 7.72. The van der Waals surface area contributed by atoms with Crippen molar-refractivity contribution in [3.8, 4) is 12.3 Å².